The highest BCUT2D eigenvalue weighted by atomic mass is 16.5. The van der Waals surface area contributed by atoms with E-state index >= 15 is 0 Å². The number of carboxylic acids is 1. The number of hydrogen-bond donors (Lipinski definition) is 2. The van der Waals surface area contributed by atoms with Crippen molar-refractivity contribution in [2.75, 3.05) is 19.7 Å². The summed E-state index contributed by atoms with van der Waals surface area (Å²) in [6.45, 7) is 1.98. The number of carboxylic acid groups (broad SMARTS) is 1. The van der Waals surface area contributed by atoms with Gasteiger partial charge in [-0.15, -0.1) is 0 Å². The molecule has 2 N–H and O–H groups in total. The molecule has 0 fully saturated rings. The summed E-state index contributed by atoms with van der Waals surface area (Å²) in [5.41, 5.74) is 2.53. The molecular formula is C20H25NO3. The Morgan fingerprint density at radius 2 is 1.75 bits per heavy atom. The lowest BCUT2D eigenvalue weighted by molar-refractivity contribution is -0.136. The van der Waals surface area contributed by atoms with E-state index in [1.165, 1.54) is 11.1 Å². The molecule has 0 radical (unpaired) electrons. The predicted octanol–water partition coefficient (Wildman–Crippen LogP) is 3.31. The number of benzene rings is 2. The van der Waals surface area contributed by atoms with E-state index in [1.54, 1.807) is 0 Å². The number of rotatable bonds is 11. The van der Waals surface area contributed by atoms with E-state index in [0.717, 1.165) is 31.6 Å². The smallest absolute Gasteiger partial charge is 0.304 e. The molecule has 2 aromatic carbocycles. The Labute approximate surface area is 143 Å². The third kappa shape index (κ3) is 7.29. The van der Waals surface area contributed by atoms with E-state index < -0.39 is 5.97 Å². The molecule has 0 saturated carbocycles. The molecular weight excluding hydrogens is 302 g/mol. The maximum absolute atomic E-state index is 10.4. The highest BCUT2D eigenvalue weighted by Gasteiger charge is 1.99. The van der Waals surface area contributed by atoms with Crippen LogP contribution in [0.15, 0.2) is 54.6 Å². The maximum Gasteiger partial charge on any atom is 0.304 e. The van der Waals surface area contributed by atoms with Crippen molar-refractivity contribution in [3.05, 3.63) is 65.7 Å². The third-order valence-corrected chi connectivity index (χ3v) is 3.73. The molecule has 0 aliphatic heterocycles. The molecule has 0 amide bonds. The molecule has 2 aromatic rings. The zero-order valence-corrected chi connectivity index (χ0v) is 13.9. The van der Waals surface area contributed by atoms with Crippen molar-refractivity contribution in [3.8, 4) is 5.75 Å². The lowest BCUT2D eigenvalue weighted by Crippen LogP contribution is -2.20. The van der Waals surface area contributed by atoms with Crippen LogP contribution >= 0.6 is 0 Å². The van der Waals surface area contributed by atoms with Crippen molar-refractivity contribution in [1.82, 2.24) is 5.32 Å². The zero-order chi connectivity index (χ0) is 17.0. The number of carbonyl (C=O) groups is 1. The molecule has 0 spiro atoms. The van der Waals surface area contributed by atoms with Gasteiger partial charge in [-0.1, -0.05) is 42.5 Å². The van der Waals surface area contributed by atoms with Gasteiger partial charge in [0.15, 0.2) is 0 Å². The monoisotopic (exact) mass is 327 g/mol. The summed E-state index contributed by atoms with van der Waals surface area (Å²) in [6.07, 6.45) is 3.03. The van der Waals surface area contributed by atoms with Crippen molar-refractivity contribution >= 4 is 5.97 Å². The van der Waals surface area contributed by atoms with Gasteiger partial charge in [0, 0.05) is 6.54 Å². The normalized spacial score (nSPS) is 10.5. The van der Waals surface area contributed by atoms with Gasteiger partial charge in [0.25, 0.3) is 0 Å². The quantitative estimate of drug-likeness (QED) is 0.622. The summed E-state index contributed by atoms with van der Waals surface area (Å²) in [5.74, 6) is 0.125. The topological polar surface area (TPSA) is 58.6 Å². The highest BCUT2D eigenvalue weighted by molar-refractivity contribution is 5.66. The Hall–Kier alpha value is -2.33. The molecule has 4 heteroatoms. The minimum Gasteiger partial charge on any atom is -0.494 e. The molecule has 24 heavy (non-hydrogen) atoms. The molecule has 0 saturated heterocycles. The second-order valence-corrected chi connectivity index (χ2v) is 5.73. The summed E-state index contributed by atoms with van der Waals surface area (Å²) in [6, 6.07) is 18.5. The van der Waals surface area contributed by atoms with E-state index in [4.69, 9.17) is 9.84 Å². The standard InChI is InChI=1S/C20H25NO3/c22-20(23)12-14-21-13-11-18-8-4-10-19(16-18)24-15-5-9-17-6-2-1-3-7-17/h1-4,6-8,10,16,21H,5,9,11-15H2,(H,22,23). The van der Waals surface area contributed by atoms with Gasteiger partial charge < -0.3 is 15.2 Å². The molecule has 0 aliphatic rings. The van der Waals surface area contributed by atoms with E-state index in [2.05, 4.69) is 41.7 Å². The Kier molecular flexibility index (Phi) is 7.84. The van der Waals surface area contributed by atoms with Crippen LogP contribution < -0.4 is 10.1 Å². The van der Waals surface area contributed by atoms with Crippen molar-refractivity contribution in [1.29, 1.82) is 0 Å². The van der Waals surface area contributed by atoms with Crippen LogP contribution in [0.5, 0.6) is 5.75 Å². The first-order chi connectivity index (χ1) is 11.7. The van der Waals surface area contributed by atoms with Crippen molar-refractivity contribution in [2.24, 2.45) is 0 Å². The molecule has 0 aromatic heterocycles. The van der Waals surface area contributed by atoms with Crippen LogP contribution in [0.3, 0.4) is 0 Å². The summed E-state index contributed by atoms with van der Waals surface area (Å²) in [5, 5.41) is 11.7. The molecule has 0 atom stereocenters. The molecule has 4 nitrogen and oxygen atoms in total. The average molecular weight is 327 g/mol. The number of nitrogens with one attached hydrogen (secondary N) is 1. The van der Waals surface area contributed by atoms with Crippen molar-refractivity contribution < 1.29 is 14.6 Å². The Morgan fingerprint density at radius 3 is 2.54 bits per heavy atom. The first kappa shape index (κ1) is 18.0. The first-order valence-corrected chi connectivity index (χ1v) is 8.42. The lowest BCUT2D eigenvalue weighted by atomic mass is 10.1. The molecule has 2 rings (SSSR count). The van der Waals surface area contributed by atoms with Gasteiger partial charge in [0.1, 0.15) is 5.75 Å². The van der Waals surface area contributed by atoms with Gasteiger partial charge in [-0.3, -0.25) is 4.79 Å². The van der Waals surface area contributed by atoms with Crippen molar-refractivity contribution in [3.63, 3.8) is 0 Å². The minimum absolute atomic E-state index is 0.157. The Morgan fingerprint density at radius 1 is 0.958 bits per heavy atom. The average Bonchev–Trinajstić information content (AvgIpc) is 2.59. The molecule has 0 aliphatic carbocycles. The van der Waals surface area contributed by atoms with Gasteiger partial charge in [0.2, 0.25) is 0 Å². The lowest BCUT2D eigenvalue weighted by Gasteiger charge is -2.09. The van der Waals surface area contributed by atoms with Crippen LogP contribution in [-0.4, -0.2) is 30.8 Å². The van der Waals surface area contributed by atoms with Gasteiger partial charge >= 0.3 is 5.97 Å². The highest BCUT2D eigenvalue weighted by Crippen LogP contribution is 2.14. The van der Waals surface area contributed by atoms with Gasteiger partial charge in [-0.2, -0.15) is 0 Å². The Bertz CT molecular complexity index is 613. The largest absolute Gasteiger partial charge is 0.494 e. The summed E-state index contributed by atoms with van der Waals surface area (Å²) in [4.78, 5) is 10.4. The van der Waals surface area contributed by atoms with Crippen LogP contribution in [-0.2, 0) is 17.6 Å². The number of hydrogen-bond acceptors (Lipinski definition) is 3. The minimum atomic E-state index is -0.770. The van der Waals surface area contributed by atoms with Gasteiger partial charge in [-0.25, -0.2) is 0 Å². The SMILES string of the molecule is O=C(O)CCNCCc1cccc(OCCCc2ccccc2)c1. The van der Waals surface area contributed by atoms with E-state index in [1.807, 2.05) is 18.2 Å². The maximum atomic E-state index is 10.4. The van der Waals surface area contributed by atoms with Crippen LogP contribution in [0, 0.1) is 0 Å². The first-order valence-electron chi connectivity index (χ1n) is 8.42. The summed E-state index contributed by atoms with van der Waals surface area (Å²) >= 11 is 0. The molecule has 0 bridgehead atoms. The fourth-order valence-corrected chi connectivity index (χ4v) is 2.45. The van der Waals surface area contributed by atoms with E-state index in [9.17, 15) is 4.79 Å². The van der Waals surface area contributed by atoms with Gasteiger partial charge in [-0.05, 0) is 49.1 Å². The van der Waals surface area contributed by atoms with Crippen LogP contribution in [0.2, 0.25) is 0 Å². The Balaban J connectivity index is 1.65. The van der Waals surface area contributed by atoms with Crippen LogP contribution in [0.25, 0.3) is 0 Å². The number of aryl methyl sites for hydroxylation is 1. The molecule has 0 heterocycles. The second-order valence-electron chi connectivity index (χ2n) is 5.73. The van der Waals surface area contributed by atoms with E-state index in [-0.39, 0.29) is 6.42 Å². The summed E-state index contributed by atoms with van der Waals surface area (Å²) in [7, 11) is 0. The van der Waals surface area contributed by atoms with Crippen LogP contribution in [0.1, 0.15) is 24.0 Å². The number of aliphatic carboxylic acids is 1. The predicted molar refractivity (Wildman–Crippen MR) is 95.5 cm³/mol. The van der Waals surface area contributed by atoms with Crippen molar-refractivity contribution in [2.45, 2.75) is 25.7 Å². The molecule has 0 unspecified atom stereocenters. The van der Waals surface area contributed by atoms with Gasteiger partial charge in [0.05, 0.1) is 13.0 Å². The summed E-state index contributed by atoms with van der Waals surface area (Å²) < 4.78 is 5.83. The zero-order valence-electron chi connectivity index (χ0n) is 13.9. The van der Waals surface area contributed by atoms with Crippen LogP contribution in [0.4, 0.5) is 0 Å². The number of ether oxygens (including phenoxy) is 1. The fraction of sp³-hybridized carbons (Fsp3) is 0.350. The fourth-order valence-electron chi connectivity index (χ4n) is 2.45. The molecule has 128 valence electrons. The third-order valence-electron chi connectivity index (χ3n) is 3.73. The second kappa shape index (κ2) is 10.4. The van der Waals surface area contributed by atoms with E-state index in [0.29, 0.717) is 13.2 Å².